The highest BCUT2D eigenvalue weighted by Gasteiger charge is 2.11. The summed E-state index contributed by atoms with van der Waals surface area (Å²) in [6.07, 6.45) is 0. The van der Waals surface area contributed by atoms with E-state index in [4.69, 9.17) is 34.8 Å². The lowest BCUT2D eigenvalue weighted by atomic mass is 10.0. The minimum atomic E-state index is -0.276. The quantitative estimate of drug-likeness (QED) is 0.585. The number of halogens is 4. The molecule has 0 saturated carbocycles. The summed E-state index contributed by atoms with van der Waals surface area (Å²) < 4.78 is 13.9. The molecule has 0 amide bonds. The first-order valence-corrected chi connectivity index (χ1v) is 6.04. The second kappa shape index (κ2) is 4.85. The lowest BCUT2D eigenvalue weighted by Crippen LogP contribution is -1.88. The molecule has 17 heavy (non-hydrogen) atoms. The van der Waals surface area contributed by atoms with Crippen molar-refractivity contribution in [2.45, 2.75) is 6.92 Å². The summed E-state index contributed by atoms with van der Waals surface area (Å²) in [5.74, 6) is -0.276. The summed E-state index contributed by atoms with van der Waals surface area (Å²) in [6, 6.07) is 8.38. The second-order valence-corrected chi connectivity index (χ2v) is 4.88. The van der Waals surface area contributed by atoms with Gasteiger partial charge >= 0.3 is 0 Å². The fourth-order valence-corrected chi connectivity index (χ4v) is 2.18. The highest BCUT2D eigenvalue weighted by Crippen LogP contribution is 2.36. The van der Waals surface area contributed by atoms with Crippen LogP contribution in [0.5, 0.6) is 0 Å². The van der Waals surface area contributed by atoms with Gasteiger partial charge in [0.1, 0.15) is 5.82 Å². The van der Waals surface area contributed by atoms with Gasteiger partial charge in [-0.15, -0.1) is 0 Å². The van der Waals surface area contributed by atoms with Crippen LogP contribution < -0.4 is 0 Å². The van der Waals surface area contributed by atoms with E-state index in [1.165, 1.54) is 0 Å². The fraction of sp³-hybridized carbons (Fsp3) is 0.0769. The van der Waals surface area contributed by atoms with Crippen LogP contribution in [0.3, 0.4) is 0 Å². The Bertz CT molecular complexity index is 556. The van der Waals surface area contributed by atoms with Gasteiger partial charge in [0, 0.05) is 5.56 Å². The van der Waals surface area contributed by atoms with Crippen molar-refractivity contribution in [1.29, 1.82) is 0 Å². The molecule has 0 radical (unpaired) electrons. The predicted molar refractivity (Wildman–Crippen MR) is 71.6 cm³/mol. The molecule has 4 heteroatoms. The third kappa shape index (κ3) is 2.42. The van der Waals surface area contributed by atoms with Crippen LogP contribution in [0.4, 0.5) is 4.39 Å². The molecule has 0 nitrogen and oxygen atoms in total. The molecule has 88 valence electrons. The van der Waals surface area contributed by atoms with Gasteiger partial charge in [0.15, 0.2) is 0 Å². The number of hydrogen-bond donors (Lipinski definition) is 0. The van der Waals surface area contributed by atoms with E-state index in [0.717, 1.165) is 0 Å². The van der Waals surface area contributed by atoms with E-state index in [-0.39, 0.29) is 10.8 Å². The molecule has 0 aliphatic heterocycles. The van der Waals surface area contributed by atoms with E-state index in [1.54, 1.807) is 37.3 Å². The zero-order valence-electron chi connectivity index (χ0n) is 8.90. The van der Waals surface area contributed by atoms with E-state index < -0.39 is 0 Å². The predicted octanol–water partition coefficient (Wildman–Crippen LogP) is 5.76. The Labute approximate surface area is 114 Å². The maximum Gasteiger partial charge on any atom is 0.133 e. The highest BCUT2D eigenvalue weighted by molar-refractivity contribution is 6.48. The Hall–Kier alpha value is -0.760. The van der Waals surface area contributed by atoms with Crippen LogP contribution in [0.2, 0.25) is 15.1 Å². The molecule has 2 rings (SSSR count). The van der Waals surface area contributed by atoms with Gasteiger partial charge in [0.2, 0.25) is 0 Å². The average Bonchev–Trinajstić information content (AvgIpc) is 2.29. The van der Waals surface area contributed by atoms with Gasteiger partial charge in [-0.2, -0.15) is 0 Å². The van der Waals surface area contributed by atoms with Crippen LogP contribution >= 0.6 is 34.8 Å². The second-order valence-electron chi connectivity index (χ2n) is 3.69. The lowest BCUT2D eigenvalue weighted by molar-refractivity contribution is 0.622. The molecule has 0 saturated heterocycles. The standard InChI is InChI=1S/C13H8Cl3F/c1-7-3-2-4-9(13(7)17)8-5-10(14)12(16)11(15)6-8/h2-6H,1H3. The summed E-state index contributed by atoms with van der Waals surface area (Å²) in [7, 11) is 0. The third-order valence-corrected chi connectivity index (χ3v) is 3.68. The molecular formula is C13H8Cl3F. The monoisotopic (exact) mass is 288 g/mol. The Morgan fingerprint density at radius 2 is 1.59 bits per heavy atom. The van der Waals surface area contributed by atoms with Crippen LogP contribution in [-0.4, -0.2) is 0 Å². The summed E-state index contributed by atoms with van der Waals surface area (Å²) in [4.78, 5) is 0. The van der Waals surface area contributed by atoms with Gasteiger partial charge < -0.3 is 0 Å². The van der Waals surface area contributed by atoms with Crippen molar-refractivity contribution in [3.63, 3.8) is 0 Å². The molecule has 0 heterocycles. The maximum atomic E-state index is 13.9. The van der Waals surface area contributed by atoms with Crippen molar-refractivity contribution in [3.05, 3.63) is 56.8 Å². The molecule has 0 aromatic heterocycles. The van der Waals surface area contributed by atoms with Crippen molar-refractivity contribution in [2.24, 2.45) is 0 Å². The van der Waals surface area contributed by atoms with Gasteiger partial charge in [-0.3, -0.25) is 0 Å². The molecule has 0 aliphatic rings. The van der Waals surface area contributed by atoms with Crippen molar-refractivity contribution in [2.75, 3.05) is 0 Å². The Morgan fingerprint density at radius 3 is 2.18 bits per heavy atom. The maximum absolute atomic E-state index is 13.9. The van der Waals surface area contributed by atoms with E-state index in [1.807, 2.05) is 0 Å². The molecule has 0 spiro atoms. The third-order valence-electron chi connectivity index (χ3n) is 2.49. The Balaban J connectivity index is 2.65. The van der Waals surface area contributed by atoms with Crippen molar-refractivity contribution >= 4 is 34.8 Å². The zero-order valence-corrected chi connectivity index (χ0v) is 11.2. The molecule has 2 aromatic rings. The SMILES string of the molecule is Cc1cccc(-c2cc(Cl)c(Cl)c(Cl)c2)c1F. The summed E-state index contributed by atoms with van der Waals surface area (Å²) in [5, 5.41) is 0.912. The summed E-state index contributed by atoms with van der Waals surface area (Å²) >= 11 is 17.7. The normalized spacial score (nSPS) is 10.6. The first-order chi connectivity index (χ1) is 8.00. The van der Waals surface area contributed by atoms with E-state index >= 15 is 0 Å². The molecule has 0 fully saturated rings. The molecule has 2 aromatic carbocycles. The van der Waals surface area contributed by atoms with E-state index in [2.05, 4.69) is 0 Å². The van der Waals surface area contributed by atoms with E-state index in [0.29, 0.717) is 26.7 Å². The van der Waals surface area contributed by atoms with Gasteiger partial charge in [0.05, 0.1) is 15.1 Å². The zero-order chi connectivity index (χ0) is 12.6. The molecular weight excluding hydrogens is 281 g/mol. The molecule has 0 aliphatic carbocycles. The highest BCUT2D eigenvalue weighted by atomic mass is 35.5. The molecule has 0 atom stereocenters. The topological polar surface area (TPSA) is 0 Å². The molecule has 0 unspecified atom stereocenters. The Morgan fingerprint density at radius 1 is 1.00 bits per heavy atom. The van der Waals surface area contributed by atoms with Gasteiger partial charge in [-0.25, -0.2) is 4.39 Å². The number of aryl methyl sites for hydroxylation is 1. The van der Waals surface area contributed by atoms with Crippen LogP contribution in [-0.2, 0) is 0 Å². The first-order valence-electron chi connectivity index (χ1n) is 4.90. The molecule has 0 bridgehead atoms. The van der Waals surface area contributed by atoms with Crippen LogP contribution in [0.25, 0.3) is 11.1 Å². The lowest BCUT2D eigenvalue weighted by Gasteiger charge is -2.08. The van der Waals surface area contributed by atoms with Crippen LogP contribution in [0.15, 0.2) is 30.3 Å². The van der Waals surface area contributed by atoms with Gasteiger partial charge in [-0.05, 0) is 30.2 Å². The van der Waals surface area contributed by atoms with Crippen molar-refractivity contribution < 1.29 is 4.39 Å². The number of rotatable bonds is 1. The first kappa shape index (κ1) is 12.7. The fourth-order valence-electron chi connectivity index (χ4n) is 1.58. The minimum Gasteiger partial charge on any atom is -0.206 e. The van der Waals surface area contributed by atoms with Crippen LogP contribution in [0.1, 0.15) is 5.56 Å². The minimum absolute atomic E-state index is 0.276. The largest absolute Gasteiger partial charge is 0.206 e. The van der Waals surface area contributed by atoms with Gasteiger partial charge in [-0.1, -0.05) is 53.0 Å². The summed E-state index contributed by atoms with van der Waals surface area (Å²) in [5.41, 5.74) is 1.65. The Kier molecular flexibility index (Phi) is 3.62. The van der Waals surface area contributed by atoms with Crippen molar-refractivity contribution in [3.8, 4) is 11.1 Å². The molecule has 0 N–H and O–H groups in total. The van der Waals surface area contributed by atoms with Crippen molar-refractivity contribution in [1.82, 2.24) is 0 Å². The number of benzene rings is 2. The summed E-state index contributed by atoms with van der Waals surface area (Å²) in [6.45, 7) is 1.71. The smallest absolute Gasteiger partial charge is 0.133 e. The van der Waals surface area contributed by atoms with E-state index in [9.17, 15) is 4.39 Å². The van der Waals surface area contributed by atoms with Gasteiger partial charge in [0.25, 0.3) is 0 Å². The average molecular weight is 290 g/mol. The van der Waals surface area contributed by atoms with Crippen LogP contribution in [0, 0.1) is 12.7 Å². The number of hydrogen-bond acceptors (Lipinski definition) is 0.